The van der Waals surface area contributed by atoms with Crippen LogP contribution in [0.25, 0.3) is 5.65 Å². The van der Waals surface area contributed by atoms with Gasteiger partial charge in [0.2, 0.25) is 0 Å². The number of likely N-dealkylation sites (tertiary alicyclic amines) is 1. The van der Waals surface area contributed by atoms with Crippen molar-refractivity contribution in [3.8, 4) is 0 Å². The van der Waals surface area contributed by atoms with Crippen molar-refractivity contribution in [1.29, 1.82) is 0 Å². The van der Waals surface area contributed by atoms with Crippen LogP contribution in [0.15, 0.2) is 27.6 Å². The van der Waals surface area contributed by atoms with E-state index in [1.54, 1.807) is 19.2 Å². The molecule has 1 unspecified atom stereocenters. The van der Waals surface area contributed by atoms with Crippen LogP contribution in [-0.2, 0) is 6.42 Å². The van der Waals surface area contributed by atoms with Gasteiger partial charge in [-0.15, -0.1) is 0 Å². The van der Waals surface area contributed by atoms with Crippen molar-refractivity contribution in [3.05, 3.63) is 51.4 Å². The Morgan fingerprint density at radius 3 is 3.08 bits per heavy atom. The van der Waals surface area contributed by atoms with Gasteiger partial charge in [0.1, 0.15) is 11.3 Å². The van der Waals surface area contributed by atoms with Crippen LogP contribution in [0, 0.1) is 6.92 Å². The summed E-state index contributed by atoms with van der Waals surface area (Å²) in [6.07, 6.45) is 5.01. The molecule has 0 saturated carbocycles. The standard InChI is InChI=1S/C18H21N5O3/c1-3-12-17(11(2)26-21-12)18(25)22-9-5-4-6-14(22)13-10-16(24)23-15(20-13)7-8-19-23/h7-8,10,14,19H,3-6,9H2,1-2H3. The van der Waals surface area contributed by atoms with Crippen LogP contribution in [0.3, 0.4) is 0 Å². The number of carbonyl (C=O) groups excluding carboxylic acids is 1. The molecule has 1 fully saturated rings. The Hall–Kier alpha value is -2.90. The SMILES string of the molecule is CCc1noc(C)c1C(=O)N1CCCCC1c1cc(=O)n2[nH]ccc2n1. The van der Waals surface area contributed by atoms with Crippen LogP contribution in [0.1, 0.15) is 59.7 Å². The second-order valence-corrected chi connectivity index (χ2v) is 6.60. The molecule has 8 heteroatoms. The van der Waals surface area contributed by atoms with Crippen LogP contribution >= 0.6 is 0 Å². The number of hydrogen-bond acceptors (Lipinski definition) is 5. The second kappa shape index (κ2) is 6.44. The lowest BCUT2D eigenvalue weighted by atomic mass is 9.97. The summed E-state index contributed by atoms with van der Waals surface area (Å²) in [4.78, 5) is 32.0. The van der Waals surface area contributed by atoms with Crippen LogP contribution in [0.2, 0.25) is 0 Å². The molecule has 1 amide bonds. The van der Waals surface area contributed by atoms with Crippen molar-refractivity contribution in [2.45, 2.75) is 45.6 Å². The molecule has 0 bridgehead atoms. The third-order valence-corrected chi connectivity index (χ3v) is 4.99. The largest absolute Gasteiger partial charge is 0.361 e. The van der Waals surface area contributed by atoms with E-state index in [2.05, 4.69) is 15.2 Å². The first kappa shape index (κ1) is 16.6. The van der Waals surface area contributed by atoms with Gasteiger partial charge in [-0.3, -0.25) is 14.7 Å². The average molecular weight is 355 g/mol. The van der Waals surface area contributed by atoms with E-state index in [0.29, 0.717) is 41.3 Å². The summed E-state index contributed by atoms with van der Waals surface area (Å²) < 4.78 is 6.62. The van der Waals surface area contributed by atoms with Gasteiger partial charge in [-0.1, -0.05) is 12.1 Å². The molecule has 0 aliphatic carbocycles. The second-order valence-electron chi connectivity index (χ2n) is 6.60. The molecule has 3 aromatic rings. The zero-order valence-electron chi connectivity index (χ0n) is 14.9. The lowest BCUT2D eigenvalue weighted by molar-refractivity contribution is 0.0603. The fourth-order valence-electron chi connectivity index (χ4n) is 3.68. The molecule has 4 rings (SSSR count). The first-order valence-corrected chi connectivity index (χ1v) is 8.93. The minimum atomic E-state index is -0.220. The Kier molecular flexibility index (Phi) is 4.10. The highest BCUT2D eigenvalue weighted by Gasteiger charge is 2.33. The van der Waals surface area contributed by atoms with Gasteiger partial charge >= 0.3 is 0 Å². The Balaban J connectivity index is 1.75. The number of amides is 1. The highest BCUT2D eigenvalue weighted by molar-refractivity contribution is 5.96. The monoisotopic (exact) mass is 355 g/mol. The zero-order valence-corrected chi connectivity index (χ0v) is 14.9. The van der Waals surface area contributed by atoms with Gasteiger partial charge < -0.3 is 9.42 Å². The quantitative estimate of drug-likeness (QED) is 0.777. The molecule has 1 aliphatic heterocycles. The summed E-state index contributed by atoms with van der Waals surface area (Å²) in [5.74, 6) is 0.437. The fourth-order valence-corrected chi connectivity index (χ4v) is 3.68. The van der Waals surface area contributed by atoms with E-state index in [4.69, 9.17) is 4.52 Å². The van der Waals surface area contributed by atoms with Crippen molar-refractivity contribution in [2.75, 3.05) is 6.54 Å². The lowest BCUT2D eigenvalue weighted by Crippen LogP contribution is -2.40. The van der Waals surface area contributed by atoms with Crippen LogP contribution < -0.4 is 5.56 Å². The summed E-state index contributed by atoms with van der Waals surface area (Å²) in [7, 11) is 0. The minimum Gasteiger partial charge on any atom is -0.361 e. The van der Waals surface area contributed by atoms with E-state index in [1.807, 2.05) is 11.8 Å². The Bertz CT molecular complexity index is 1020. The number of piperidine rings is 1. The molecule has 0 spiro atoms. The summed E-state index contributed by atoms with van der Waals surface area (Å²) >= 11 is 0. The maximum atomic E-state index is 13.3. The van der Waals surface area contributed by atoms with E-state index in [9.17, 15) is 9.59 Å². The smallest absolute Gasteiger partial charge is 0.272 e. The number of nitrogens with zero attached hydrogens (tertiary/aromatic N) is 4. The highest BCUT2D eigenvalue weighted by Crippen LogP contribution is 2.32. The van der Waals surface area contributed by atoms with Gasteiger partial charge in [0.15, 0.2) is 5.65 Å². The third kappa shape index (κ3) is 2.61. The first-order chi connectivity index (χ1) is 12.6. The highest BCUT2D eigenvalue weighted by atomic mass is 16.5. The lowest BCUT2D eigenvalue weighted by Gasteiger charge is -2.35. The van der Waals surface area contributed by atoms with Crippen molar-refractivity contribution < 1.29 is 9.32 Å². The number of nitrogens with one attached hydrogen (secondary N) is 1. The molecule has 1 atom stereocenters. The number of H-pyrrole nitrogens is 1. The number of fused-ring (bicyclic) bond motifs is 1. The van der Waals surface area contributed by atoms with Gasteiger partial charge in [-0.05, 0) is 32.6 Å². The van der Waals surface area contributed by atoms with Gasteiger partial charge in [0.05, 0.1) is 17.4 Å². The van der Waals surface area contributed by atoms with Gasteiger partial charge in [-0.2, -0.15) is 0 Å². The zero-order chi connectivity index (χ0) is 18.3. The molecule has 136 valence electrons. The van der Waals surface area contributed by atoms with E-state index < -0.39 is 0 Å². The molecule has 3 aromatic heterocycles. The summed E-state index contributed by atoms with van der Waals surface area (Å²) in [5, 5.41) is 6.84. The number of carbonyl (C=O) groups is 1. The number of aromatic nitrogens is 4. The van der Waals surface area contributed by atoms with Crippen molar-refractivity contribution in [3.63, 3.8) is 0 Å². The molecule has 8 nitrogen and oxygen atoms in total. The van der Waals surface area contributed by atoms with E-state index >= 15 is 0 Å². The maximum Gasteiger partial charge on any atom is 0.272 e. The Morgan fingerprint density at radius 2 is 2.27 bits per heavy atom. The number of aryl methyl sites for hydroxylation is 2. The average Bonchev–Trinajstić information content (AvgIpc) is 3.27. The van der Waals surface area contributed by atoms with Gasteiger partial charge in [0.25, 0.3) is 11.5 Å². The number of rotatable bonds is 3. The van der Waals surface area contributed by atoms with Crippen LogP contribution in [0.5, 0.6) is 0 Å². The van der Waals surface area contributed by atoms with Gasteiger partial charge in [-0.25, -0.2) is 9.50 Å². The molecular formula is C18H21N5O3. The van der Waals surface area contributed by atoms with E-state index in [1.165, 1.54) is 10.6 Å². The van der Waals surface area contributed by atoms with Crippen LogP contribution in [-0.4, -0.2) is 37.1 Å². The predicted molar refractivity (Wildman–Crippen MR) is 94.1 cm³/mol. The molecule has 1 saturated heterocycles. The Labute approximate surface area is 149 Å². The van der Waals surface area contributed by atoms with E-state index in [0.717, 1.165) is 19.3 Å². The number of hydrogen-bond donors (Lipinski definition) is 1. The molecule has 0 aromatic carbocycles. The van der Waals surface area contributed by atoms with Gasteiger partial charge in [0, 0.05) is 24.9 Å². The molecule has 1 N–H and O–H groups in total. The van der Waals surface area contributed by atoms with Crippen molar-refractivity contribution in [1.82, 2.24) is 24.7 Å². The summed E-state index contributed by atoms with van der Waals surface area (Å²) in [5.41, 5.74) is 2.23. The molecule has 0 radical (unpaired) electrons. The molecule has 4 heterocycles. The Morgan fingerprint density at radius 1 is 1.42 bits per heavy atom. The molecular weight excluding hydrogens is 334 g/mol. The van der Waals surface area contributed by atoms with Crippen molar-refractivity contribution in [2.24, 2.45) is 0 Å². The fraction of sp³-hybridized carbons (Fsp3) is 0.444. The predicted octanol–water partition coefficient (Wildman–Crippen LogP) is 2.25. The number of aromatic amines is 1. The first-order valence-electron chi connectivity index (χ1n) is 8.93. The summed E-state index contributed by atoms with van der Waals surface area (Å²) in [6, 6.07) is 3.04. The third-order valence-electron chi connectivity index (χ3n) is 4.99. The molecule has 26 heavy (non-hydrogen) atoms. The maximum absolute atomic E-state index is 13.3. The minimum absolute atomic E-state index is 0.0960. The van der Waals surface area contributed by atoms with Crippen LogP contribution in [0.4, 0.5) is 0 Å². The summed E-state index contributed by atoms with van der Waals surface area (Å²) in [6.45, 7) is 4.34. The molecule has 1 aliphatic rings. The van der Waals surface area contributed by atoms with Crippen molar-refractivity contribution >= 4 is 11.6 Å². The normalized spacial score (nSPS) is 17.8. The van der Waals surface area contributed by atoms with E-state index in [-0.39, 0.29) is 17.5 Å². The topological polar surface area (TPSA) is 96.5 Å².